The Morgan fingerprint density at radius 2 is 2.17 bits per heavy atom. The average Bonchev–Trinajstić information content (AvgIpc) is 3.09. The lowest BCUT2D eigenvalue weighted by Crippen LogP contribution is -2.43. The molecule has 5 heteroatoms. The summed E-state index contributed by atoms with van der Waals surface area (Å²) in [5.74, 6) is 0.120. The van der Waals surface area contributed by atoms with Gasteiger partial charge in [0.15, 0.2) is 5.43 Å². The highest BCUT2D eigenvalue weighted by molar-refractivity contribution is 5.82. The molecule has 3 rings (SSSR count). The van der Waals surface area contributed by atoms with Crippen molar-refractivity contribution in [2.24, 2.45) is 0 Å². The van der Waals surface area contributed by atoms with E-state index in [1.165, 1.54) is 6.07 Å². The zero-order valence-electron chi connectivity index (χ0n) is 13.5. The maximum atomic E-state index is 12.8. The number of carbonyl (C=O) groups excluding carboxylic acids is 1. The van der Waals surface area contributed by atoms with E-state index in [-0.39, 0.29) is 23.9 Å². The van der Waals surface area contributed by atoms with E-state index in [0.29, 0.717) is 5.39 Å². The van der Waals surface area contributed by atoms with Gasteiger partial charge in [0.2, 0.25) is 5.91 Å². The van der Waals surface area contributed by atoms with E-state index in [0.717, 1.165) is 38.0 Å². The number of para-hydroxylation sites is 1. The molecule has 1 unspecified atom stereocenters. The summed E-state index contributed by atoms with van der Waals surface area (Å²) in [6.45, 7) is 4.99. The molecular formula is C18H23N3O2. The Labute approximate surface area is 135 Å². The maximum absolute atomic E-state index is 12.8. The Morgan fingerprint density at radius 1 is 1.35 bits per heavy atom. The van der Waals surface area contributed by atoms with E-state index in [1.54, 1.807) is 6.20 Å². The van der Waals surface area contributed by atoms with Crippen molar-refractivity contribution in [2.75, 3.05) is 19.6 Å². The van der Waals surface area contributed by atoms with Crippen LogP contribution in [0.3, 0.4) is 0 Å². The van der Waals surface area contributed by atoms with Crippen molar-refractivity contribution in [2.45, 2.75) is 32.4 Å². The second-order valence-electron chi connectivity index (χ2n) is 6.06. The largest absolute Gasteiger partial charge is 0.338 e. The van der Waals surface area contributed by atoms with Gasteiger partial charge in [-0.3, -0.25) is 9.59 Å². The number of amides is 1. The van der Waals surface area contributed by atoms with Gasteiger partial charge in [-0.05, 0) is 31.5 Å². The Morgan fingerprint density at radius 3 is 2.91 bits per heavy atom. The maximum Gasteiger partial charge on any atom is 0.242 e. The van der Waals surface area contributed by atoms with Crippen LogP contribution in [0.25, 0.3) is 10.9 Å². The highest BCUT2D eigenvalue weighted by Gasteiger charge is 2.25. The zero-order chi connectivity index (χ0) is 16.2. The fourth-order valence-electron chi connectivity index (χ4n) is 3.29. The van der Waals surface area contributed by atoms with Crippen molar-refractivity contribution < 1.29 is 4.79 Å². The number of nitrogens with one attached hydrogen (secondary N) is 1. The van der Waals surface area contributed by atoms with Crippen LogP contribution < -0.4 is 10.7 Å². The molecule has 0 aliphatic carbocycles. The second-order valence-corrected chi connectivity index (χ2v) is 6.06. The third kappa shape index (κ3) is 3.29. The standard InChI is InChI=1S/C18H23N3O2/c1-2-10-21(14-7-9-19-12-14)18(23)13-20-11-8-17(22)15-5-3-4-6-16(15)20/h3-6,8,11,14,19H,2,7,9-10,12-13H2,1H3. The molecule has 23 heavy (non-hydrogen) atoms. The predicted octanol–water partition coefficient (Wildman–Crippen LogP) is 1.60. The minimum atomic E-state index is -0.00490. The monoisotopic (exact) mass is 313 g/mol. The van der Waals surface area contributed by atoms with Crippen LogP contribution in [-0.4, -0.2) is 41.1 Å². The van der Waals surface area contributed by atoms with Crippen LogP contribution >= 0.6 is 0 Å². The van der Waals surface area contributed by atoms with E-state index < -0.39 is 0 Å². The van der Waals surface area contributed by atoms with Crippen LogP contribution in [0.4, 0.5) is 0 Å². The Kier molecular flexibility index (Phi) is 4.76. The molecule has 0 saturated carbocycles. The van der Waals surface area contributed by atoms with Crippen LogP contribution in [0.5, 0.6) is 0 Å². The predicted molar refractivity (Wildman–Crippen MR) is 91.5 cm³/mol. The number of rotatable bonds is 5. The van der Waals surface area contributed by atoms with Crippen molar-refractivity contribution >= 4 is 16.8 Å². The summed E-state index contributed by atoms with van der Waals surface area (Å²) in [6.07, 6.45) is 3.68. The molecule has 0 bridgehead atoms. The number of nitrogens with zero attached hydrogens (tertiary/aromatic N) is 2. The van der Waals surface area contributed by atoms with E-state index in [4.69, 9.17) is 0 Å². The van der Waals surface area contributed by atoms with Gasteiger partial charge in [-0.25, -0.2) is 0 Å². The third-order valence-corrected chi connectivity index (χ3v) is 4.45. The summed E-state index contributed by atoms with van der Waals surface area (Å²) in [7, 11) is 0. The summed E-state index contributed by atoms with van der Waals surface area (Å²) in [5.41, 5.74) is 0.809. The van der Waals surface area contributed by atoms with Crippen LogP contribution in [0.2, 0.25) is 0 Å². The molecule has 1 atom stereocenters. The molecule has 2 aromatic rings. The van der Waals surface area contributed by atoms with Gasteiger partial charge < -0.3 is 14.8 Å². The first-order valence-corrected chi connectivity index (χ1v) is 8.29. The normalized spacial score (nSPS) is 17.5. The number of aromatic nitrogens is 1. The van der Waals surface area contributed by atoms with E-state index in [2.05, 4.69) is 12.2 Å². The van der Waals surface area contributed by atoms with Crippen LogP contribution in [0.1, 0.15) is 19.8 Å². The number of hydrogen-bond donors (Lipinski definition) is 1. The molecule has 1 amide bonds. The number of hydrogen-bond acceptors (Lipinski definition) is 3. The smallest absolute Gasteiger partial charge is 0.242 e. The minimum absolute atomic E-state index is 0.00490. The molecule has 1 aliphatic heterocycles. The highest BCUT2D eigenvalue weighted by Crippen LogP contribution is 2.13. The molecule has 122 valence electrons. The lowest BCUT2D eigenvalue weighted by molar-refractivity contribution is -0.133. The third-order valence-electron chi connectivity index (χ3n) is 4.45. The van der Waals surface area contributed by atoms with Gasteiger partial charge in [-0.2, -0.15) is 0 Å². The van der Waals surface area contributed by atoms with Gasteiger partial charge in [0.05, 0.1) is 5.52 Å². The fraction of sp³-hybridized carbons (Fsp3) is 0.444. The minimum Gasteiger partial charge on any atom is -0.338 e. The van der Waals surface area contributed by atoms with Gasteiger partial charge in [-0.15, -0.1) is 0 Å². The lowest BCUT2D eigenvalue weighted by atomic mass is 10.2. The quantitative estimate of drug-likeness (QED) is 0.912. The number of fused-ring (bicyclic) bond motifs is 1. The highest BCUT2D eigenvalue weighted by atomic mass is 16.2. The van der Waals surface area contributed by atoms with Gasteiger partial charge >= 0.3 is 0 Å². The number of pyridine rings is 1. The van der Waals surface area contributed by atoms with Crippen LogP contribution in [0.15, 0.2) is 41.3 Å². The average molecular weight is 313 g/mol. The van der Waals surface area contributed by atoms with Crippen molar-refractivity contribution in [1.82, 2.24) is 14.8 Å². The van der Waals surface area contributed by atoms with Crippen LogP contribution in [0, 0.1) is 0 Å². The fourth-order valence-corrected chi connectivity index (χ4v) is 3.29. The first-order chi connectivity index (χ1) is 11.2. The van der Waals surface area contributed by atoms with E-state index >= 15 is 0 Å². The topological polar surface area (TPSA) is 54.3 Å². The molecule has 1 N–H and O–H groups in total. The van der Waals surface area contributed by atoms with Crippen molar-refractivity contribution in [3.63, 3.8) is 0 Å². The molecule has 0 spiro atoms. The van der Waals surface area contributed by atoms with Crippen molar-refractivity contribution in [3.8, 4) is 0 Å². The molecule has 5 nitrogen and oxygen atoms in total. The Bertz CT molecular complexity index is 747. The van der Waals surface area contributed by atoms with E-state index in [9.17, 15) is 9.59 Å². The lowest BCUT2D eigenvalue weighted by Gasteiger charge is -2.29. The van der Waals surface area contributed by atoms with Gasteiger partial charge in [-0.1, -0.05) is 19.1 Å². The summed E-state index contributed by atoms with van der Waals surface area (Å²) >= 11 is 0. The molecule has 1 fully saturated rings. The molecular weight excluding hydrogens is 290 g/mol. The molecule has 2 heterocycles. The number of carbonyl (C=O) groups is 1. The summed E-state index contributed by atoms with van der Waals surface area (Å²) in [5, 5.41) is 3.98. The van der Waals surface area contributed by atoms with Crippen LogP contribution in [-0.2, 0) is 11.3 Å². The molecule has 1 aliphatic rings. The van der Waals surface area contributed by atoms with Crippen molar-refractivity contribution in [3.05, 3.63) is 46.8 Å². The molecule has 1 saturated heterocycles. The van der Waals surface area contributed by atoms with Gasteiger partial charge in [0, 0.05) is 36.8 Å². The summed E-state index contributed by atoms with van der Waals surface area (Å²) < 4.78 is 1.88. The zero-order valence-corrected chi connectivity index (χ0v) is 13.5. The SMILES string of the molecule is CCCN(C(=O)Cn1ccc(=O)c2ccccc21)C1CCNC1. The first kappa shape index (κ1) is 15.7. The summed E-state index contributed by atoms with van der Waals surface area (Å²) in [6, 6.07) is 9.27. The van der Waals surface area contributed by atoms with Gasteiger partial charge in [0.25, 0.3) is 0 Å². The van der Waals surface area contributed by atoms with Gasteiger partial charge in [0.1, 0.15) is 6.54 Å². The van der Waals surface area contributed by atoms with Crippen molar-refractivity contribution in [1.29, 1.82) is 0 Å². The summed E-state index contributed by atoms with van der Waals surface area (Å²) in [4.78, 5) is 26.8. The first-order valence-electron chi connectivity index (χ1n) is 8.29. The molecule has 1 aromatic carbocycles. The number of benzene rings is 1. The Hall–Kier alpha value is -2.14. The molecule has 0 radical (unpaired) electrons. The molecule has 1 aromatic heterocycles. The second kappa shape index (κ2) is 6.96. The van der Waals surface area contributed by atoms with E-state index in [1.807, 2.05) is 33.7 Å². The Balaban J connectivity index is 1.86.